The molecule has 0 atom stereocenters. The van der Waals surface area contributed by atoms with E-state index in [2.05, 4.69) is 10.6 Å². The van der Waals surface area contributed by atoms with E-state index in [0.29, 0.717) is 28.9 Å². The highest BCUT2D eigenvalue weighted by molar-refractivity contribution is 6.32. The Bertz CT molecular complexity index is 810. The Balaban J connectivity index is 1.99. The lowest BCUT2D eigenvalue weighted by Crippen LogP contribution is -2.13. The molecule has 0 saturated carbocycles. The van der Waals surface area contributed by atoms with Crippen molar-refractivity contribution in [3.8, 4) is 6.07 Å². The topological polar surface area (TPSA) is 82.0 Å². The van der Waals surface area contributed by atoms with Gasteiger partial charge in [-0.15, -0.1) is 0 Å². The molecule has 0 bridgehead atoms. The molecule has 0 aliphatic heterocycles. The molecule has 0 radical (unpaired) electrons. The van der Waals surface area contributed by atoms with Crippen LogP contribution in [0.15, 0.2) is 42.5 Å². The Morgan fingerprint density at radius 2 is 1.76 bits per heavy atom. The summed E-state index contributed by atoms with van der Waals surface area (Å²) < 4.78 is 0. The van der Waals surface area contributed by atoms with E-state index in [1.165, 1.54) is 6.07 Å². The number of benzene rings is 2. The number of halogens is 1. The summed E-state index contributed by atoms with van der Waals surface area (Å²) in [6.45, 7) is 2.03. The highest BCUT2D eigenvalue weighted by atomic mass is 35.5. The molecule has 5 nitrogen and oxygen atoms in total. The van der Waals surface area contributed by atoms with Crippen LogP contribution < -0.4 is 10.6 Å². The van der Waals surface area contributed by atoms with E-state index in [1.807, 2.05) is 13.0 Å². The van der Waals surface area contributed by atoms with Gasteiger partial charge in [-0.2, -0.15) is 5.26 Å². The van der Waals surface area contributed by atoms with Gasteiger partial charge in [0.25, 0.3) is 5.91 Å². The van der Waals surface area contributed by atoms with E-state index in [4.69, 9.17) is 16.9 Å². The quantitative estimate of drug-likeness (QED) is 0.794. The van der Waals surface area contributed by atoms with E-state index in [-0.39, 0.29) is 16.8 Å². The lowest BCUT2D eigenvalue weighted by molar-refractivity contribution is -0.116. The SMILES string of the molecule is CCCCC(=O)Nc1ccc(C(=O)Nc2ccc(C#N)c(Cl)c2)cc1. The van der Waals surface area contributed by atoms with Crippen molar-refractivity contribution < 1.29 is 9.59 Å². The highest BCUT2D eigenvalue weighted by Crippen LogP contribution is 2.21. The lowest BCUT2D eigenvalue weighted by atomic mass is 10.1. The summed E-state index contributed by atoms with van der Waals surface area (Å²) in [6, 6.07) is 13.3. The summed E-state index contributed by atoms with van der Waals surface area (Å²) in [5.41, 5.74) is 1.96. The Labute approximate surface area is 151 Å². The van der Waals surface area contributed by atoms with Gasteiger partial charge in [0, 0.05) is 23.4 Å². The number of carbonyl (C=O) groups excluding carboxylic acids is 2. The minimum atomic E-state index is -0.301. The summed E-state index contributed by atoms with van der Waals surface area (Å²) in [5.74, 6) is -0.337. The lowest BCUT2D eigenvalue weighted by Gasteiger charge is -2.08. The van der Waals surface area contributed by atoms with Gasteiger partial charge in [0.15, 0.2) is 0 Å². The second-order valence-corrected chi connectivity index (χ2v) is 5.90. The van der Waals surface area contributed by atoms with Crippen LogP contribution in [0.1, 0.15) is 42.1 Å². The van der Waals surface area contributed by atoms with Gasteiger partial charge in [0.1, 0.15) is 6.07 Å². The number of rotatable bonds is 6. The Morgan fingerprint density at radius 1 is 1.08 bits per heavy atom. The molecule has 2 rings (SSSR count). The van der Waals surface area contributed by atoms with Gasteiger partial charge < -0.3 is 10.6 Å². The van der Waals surface area contributed by atoms with Crippen LogP contribution in [0.25, 0.3) is 0 Å². The fourth-order valence-corrected chi connectivity index (χ4v) is 2.38. The number of unbranched alkanes of at least 4 members (excludes halogenated alkanes) is 1. The second kappa shape index (κ2) is 8.86. The standard InChI is InChI=1S/C19H18ClN3O2/c1-2-3-4-18(24)22-15-8-5-13(6-9-15)19(25)23-16-10-7-14(12-21)17(20)11-16/h5-11H,2-4H2,1H3,(H,22,24)(H,23,25). The van der Waals surface area contributed by atoms with Crippen LogP contribution in [-0.2, 0) is 4.79 Å². The maximum Gasteiger partial charge on any atom is 0.255 e. The molecule has 2 N–H and O–H groups in total. The number of nitrogens with one attached hydrogen (secondary N) is 2. The third-order valence-electron chi connectivity index (χ3n) is 3.54. The zero-order valence-corrected chi connectivity index (χ0v) is 14.6. The maximum absolute atomic E-state index is 12.2. The molecule has 0 unspecified atom stereocenters. The molecule has 0 aliphatic rings. The molecule has 128 valence electrons. The molecular formula is C19H18ClN3O2. The van der Waals surface area contributed by atoms with Gasteiger partial charge >= 0.3 is 0 Å². The van der Waals surface area contributed by atoms with Gasteiger partial charge in [-0.3, -0.25) is 9.59 Å². The van der Waals surface area contributed by atoms with Crippen molar-refractivity contribution in [2.24, 2.45) is 0 Å². The van der Waals surface area contributed by atoms with E-state index in [0.717, 1.165) is 12.8 Å². The number of hydrogen-bond donors (Lipinski definition) is 2. The molecule has 0 spiro atoms. The van der Waals surface area contributed by atoms with Gasteiger partial charge in [-0.25, -0.2) is 0 Å². The minimum Gasteiger partial charge on any atom is -0.326 e. The summed E-state index contributed by atoms with van der Waals surface area (Å²) in [6.07, 6.45) is 2.30. The first-order valence-electron chi connectivity index (χ1n) is 7.94. The molecule has 0 aromatic heterocycles. The van der Waals surface area contributed by atoms with E-state index in [9.17, 15) is 9.59 Å². The molecule has 0 fully saturated rings. The van der Waals surface area contributed by atoms with Crippen molar-refractivity contribution in [2.75, 3.05) is 10.6 Å². The van der Waals surface area contributed by atoms with Gasteiger partial charge in [0.2, 0.25) is 5.91 Å². The first-order valence-corrected chi connectivity index (χ1v) is 8.32. The molecule has 6 heteroatoms. The number of amides is 2. The predicted molar refractivity (Wildman–Crippen MR) is 98.7 cm³/mol. The van der Waals surface area contributed by atoms with Crippen LogP contribution in [-0.4, -0.2) is 11.8 Å². The average Bonchev–Trinajstić information content (AvgIpc) is 2.60. The summed E-state index contributed by atoms with van der Waals surface area (Å²) in [5, 5.41) is 14.6. The zero-order chi connectivity index (χ0) is 18.2. The maximum atomic E-state index is 12.2. The smallest absolute Gasteiger partial charge is 0.255 e. The minimum absolute atomic E-state index is 0.0359. The van der Waals surface area contributed by atoms with E-state index in [1.54, 1.807) is 36.4 Å². The predicted octanol–water partition coefficient (Wildman–Crippen LogP) is 4.59. The van der Waals surface area contributed by atoms with Gasteiger partial charge in [-0.05, 0) is 48.9 Å². The zero-order valence-electron chi connectivity index (χ0n) is 13.8. The van der Waals surface area contributed by atoms with Crippen molar-refractivity contribution in [3.63, 3.8) is 0 Å². The number of carbonyl (C=O) groups is 2. The number of anilines is 2. The number of nitriles is 1. The molecule has 2 aromatic rings. The third kappa shape index (κ3) is 5.33. The van der Waals surface area contributed by atoms with Crippen LogP contribution in [0.2, 0.25) is 5.02 Å². The Hall–Kier alpha value is -2.84. The van der Waals surface area contributed by atoms with Crippen LogP contribution in [0.3, 0.4) is 0 Å². The van der Waals surface area contributed by atoms with Gasteiger partial charge in [0.05, 0.1) is 10.6 Å². The summed E-state index contributed by atoms with van der Waals surface area (Å²) in [4.78, 5) is 23.9. The molecule has 2 aromatic carbocycles. The summed E-state index contributed by atoms with van der Waals surface area (Å²) >= 11 is 5.95. The molecule has 0 aliphatic carbocycles. The molecular weight excluding hydrogens is 338 g/mol. The van der Waals surface area contributed by atoms with Gasteiger partial charge in [-0.1, -0.05) is 24.9 Å². The van der Waals surface area contributed by atoms with Crippen LogP contribution in [0.5, 0.6) is 0 Å². The molecule has 25 heavy (non-hydrogen) atoms. The molecule has 0 saturated heterocycles. The Morgan fingerprint density at radius 3 is 2.36 bits per heavy atom. The van der Waals surface area contributed by atoms with Crippen molar-refractivity contribution >= 4 is 34.8 Å². The van der Waals surface area contributed by atoms with E-state index >= 15 is 0 Å². The number of hydrogen-bond acceptors (Lipinski definition) is 3. The largest absolute Gasteiger partial charge is 0.326 e. The monoisotopic (exact) mass is 355 g/mol. The van der Waals surface area contributed by atoms with Crippen molar-refractivity contribution in [1.82, 2.24) is 0 Å². The highest BCUT2D eigenvalue weighted by Gasteiger charge is 2.09. The molecule has 2 amide bonds. The summed E-state index contributed by atoms with van der Waals surface area (Å²) in [7, 11) is 0. The van der Waals surface area contributed by atoms with Crippen LogP contribution >= 0.6 is 11.6 Å². The fourth-order valence-electron chi connectivity index (χ4n) is 2.15. The first kappa shape index (κ1) is 18.5. The normalized spacial score (nSPS) is 9.96. The number of nitrogens with zero attached hydrogens (tertiary/aromatic N) is 1. The van der Waals surface area contributed by atoms with Crippen molar-refractivity contribution in [3.05, 3.63) is 58.6 Å². The van der Waals surface area contributed by atoms with Crippen LogP contribution in [0, 0.1) is 11.3 Å². The van der Waals surface area contributed by atoms with Crippen molar-refractivity contribution in [1.29, 1.82) is 5.26 Å². The third-order valence-corrected chi connectivity index (χ3v) is 3.85. The van der Waals surface area contributed by atoms with Crippen molar-refractivity contribution in [2.45, 2.75) is 26.2 Å². The first-order chi connectivity index (χ1) is 12.0. The van der Waals surface area contributed by atoms with E-state index < -0.39 is 0 Å². The second-order valence-electron chi connectivity index (χ2n) is 5.49. The Kier molecular flexibility index (Phi) is 6.55. The fraction of sp³-hybridized carbons (Fsp3) is 0.211. The molecule has 0 heterocycles. The average molecular weight is 356 g/mol. The van der Waals surface area contributed by atoms with Crippen LogP contribution in [0.4, 0.5) is 11.4 Å².